The average molecular weight is 400 g/mol. The maximum atomic E-state index is 12.9. The van der Waals surface area contributed by atoms with Crippen LogP contribution in [0.4, 0.5) is 15.1 Å². The van der Waals surface area contributed by atoms with E-state index in [1.807, 2.05) is 0 Å². The van der Waals surface area contributed by atoms with Gasteiger partial charge in [-0.25, -0.2) is 19.2 Å². The molecule has 0 saturated carbocycles. The highest BCUT2D eigenvalue weighted by Gasteiger charge is 2.12. The van der Waals surface area contributed by atoms with Crippen molar-refractivity contribution in [2.24, 2.45) is 0 Å². The Morgan fingerprint density at radius 3 is 2.68 bits per heavy atom. The van der Waals surface area contributed by atoms with Gasteiger partial charge >= 0.3 is 6.09 Å². The maximum Gasteiger partial charge on any atom is 0.413 e. The van der Waals surface area contributed by atoms with E-state index in [0.29, 0.717) is 23.5 Å². The number of ether oxygens (including phenoxy) is 1. The van der Waals surface area contributed by atoms with Crippen molar-refractivity contribution in [2.45, 2.75) is 6.42 Å². The SMILES string of the molecule is COC(=O)Nc1nccc(-c2ccc(C(=O)NCCc3ccc(F)cc3)s2)n1. The highest BCUT2D eigenvalue weighted by atomic mass is 32.1. The summed E-state index contributed by atoms with van der Waals surface area (Å²) in [5, 5.41) is 5.24. The van der Waals surface area contributed by atoms with Crippen LogP contribution in [-0.4, -0.2) is 35.6 Å². The van der Waals surface area contributed by atoms with Crippen LogP contribution in [0.3, 0.4) is 0 Å². The van der Waals surface area contributed by atoms with Crippen molar-refractivity contribution in [2.75, 3.05) is 19.0 Å². The van der Waals surface area contributed by atoms with E-state index in [9.17, 15) is 14.0 Å². The van der Waals surface area contributed by atoms with Crippen molar-refractivity contribution >= 4 is 29.3 Å². The molecule has 28 heavy (non-hydrogen) atoms. The van der Waals surface area contributed by atoms with Crippen LogP contribution in [0, 0.1) is 5.82 Å². The standard InChI is InChI=1S/C19H17FN4O3S/c1-27-19(26)24-18-22-11-9-14(23-18)15-6-7-16(28-15)17(25)21-10-8-12-2-4-13(20)5-3-12/h2-7,9,11H,8,10H2,1H3,(H,21,25)(H,22,23,24,26). The van der Waals surface area contributed by atoms with Gasteiger partial charge in [0.05, 0.1) is 22.6 Å². The van der Waals surface area contributed by atoms with E-state index >= 15 is 0 Å². The Morgan fingerprint density at radius 2 is 1.93 bits per heavy atom. The average Bonchev–Trinajstić information content (AvgIpc) is 3.20. The molecule has 0 saturated heterocycles. The number of amides is 2. The lowest BCUT2D eigenvalue weighted by atomic mass is 10.1. The molecular weight excluding hydrogens is 383 g/mol. The number of nitrogens with zero attached hydrogens (tertiary/aromatic N) is 2. The predicted octanol–water partition coefficient (Wildman–Crippen LogP) is 3.50. The Hall–Kier alpha value is -3.33. The molecule has 0 radical (unpaired) electrons. The first kappa shape index (κ1) is 19.4. The Labute approximate surface area is 164 Å². The molecule has 3 aromatic rings. The third-order valence-corrected chi connectivity index (χ3v) is 4.86. The zero-order valence-electron chi connectivity index (χ0n) is 14.9. The summed E-state index contributed by atoms with van der Waals surface area (Å²) in [6.07, 6.45) is 1.46. The number of nitrogens with one attached hydrogen (secondary N) is 2. The summed E-state index contributed by atoms with van der Waals surface area (Å²) in [6, 6.07) is 11.4. The fourth-order valence-electron chi connectivity index (χ4n) is 2.35. The molecule has 144 valence electrons. The molecule has 2 aromatic heterocycles. The Balaban J connectivity index is 1.60. The minimum absolute atomic E-state index is 0.114. The third kappa shape index (κ3) is 5.10. The van der Waals surface area contributed by atoms with E-state index in [-0.39, 0.29) is 17.7 Å². The van der Waals surface area contributed by atoms with Crippen LogP contribution in [0.15, 0.2) is 48.7 Å². The van der Waals surface area contributed by atoms with Crippen LogP contribution in [0.5, 0.6) is 0 Å². The number of rotatable bonds is 6. The van der Waals surface area contributed by atoms with Crippen LogP contribution in [0.1, 0.15) is 15.2 Å². The first-order chi connectivity index (χ1) is 13.5. The second-order valence-corrected chi connectivity index (χ2v) is 6.76. The fraction of sp³-hybridized carbons (Fsp3) is 0.158. The van der Waals surface area contributed by atoms with Crippen LogP contribution in [0.2, 0.25) is 0 Å². The van der Waals surface area contributed by atoms with Gasteiger partial charge in [-0.1, -0.05) is 12.1 Å². The number of carbonyl (C=O) groups is 2. The summed E-state index contributed by atoms with van der Waals surface area (Å²) in [7, 11) is 1.25. The predicted molar refractivity (Wildman–Crippen MR) is 104 cm³/mol. The monoisotopic (exact) mass is 400 g/mol. The molecule has 9 heteroatoms. The molecule has 2 amide bonds. The van der Waals surface area contributed by atoms with Gasteiger partial charge in [-0.3, -0.25) is 10.1 Å². The number of methoxy groups -OCH3 is 1. The fourth-order valence-corrected chi connectivity index (χ4v) is 3.25. The van der Waals surface area contributed by atoms with E-state index in [1.54, 1.807) is 30.3 Å². The number of thiophene rings is 1. The lowest BCUT2D eigenvalue weighted by molar-refractivity contribution is 0.0958. The van der Waals surface area contributed by atoms with Gasteiger partial charge in [-0.05, 0) is 42.3 Å². The summed E-state index contributed by atoms with van der Waals surface area (Å²) in [4.78, 5) is 33.1. The summed E-state index contributed by atoms with van der Waals surface area (Å²) in [6.45, 7) is 0.443. The minimum Gasteiger partial charge on any atom is -0.453 e. The van der Waals surface area contributed by atoms with E-state index < -0.39 is 6.09 Å². The molecule has 0 aliphatic carbocycles. The molecule has 1 aromatic carbocycles. The normalized spacial score (nSPS) is 10.4. The first-order valence-electron chi connectivity index (χ1n) is 8.36. The number of carbonyl (C=O) groups excluding carboxylic acids is 2. The van der Waals surface area contributed by atoms with Gasteiger partial charge in [0.2, 0.25) is 5.95 Å². The summed E-state index contributed by atoms with van der Waals surface area (Å²) < 4.78 is 17.4. The molecule has 0 atom stereocenters. The van der Waals surface area contributed by atoms with E-state index in [0.717, 1.165) is 10.4 Å². The number of hydrogen-bond donors (Lipinski definition) is 2. The van der Waals surface area contributed by atoms with E-state index in [1.165, 1.54) is 36.8 Å². The Kier molecular flexibility index (Phi) is 6.28. The molecule has 0 aliphatic heterocycles. The van der Waals surface area contributed by atoms with Gasteiger partial charge in [-0.2, -0.15) is 0 Å². The number of halogens is 1. The smallest absolute Gasteiger partial charge is 0.413 e. The number of benzene rings is 1. The van der Waals surface area contributed by atoms with Crippen LogP contribution in [-0.2, 0) is 11.2 Å². The largest absolute Gasteiger partial charge is 0.453 e. The molecule has 0 unspecified atom stereocenters. The van der Waals surface area contributed by atoms with Gasteiger partial charge in [0.15, 0.2) is 0 Å². The van der Waals surface area contributed by atoms with Crippen molar-refractivity contribution < 1.29 is 18.7 Å². The van der Waals surface area contributed by atoms with Gasteiger partial charge in [0.25, 0.3) is 5.91 Å². The van der Waals surface area contributed by atoms with Crippen LogP contribution in [0.25, 0.3) is 10.6 Å². The molecule has 2 N–H and O–H groups in total. The molecule has 7 nitrogen and oxygen atoms in total. The zero-order valence-corrected chi connectivity index (χ0v) is 15.8. The number of aromatic nitrogens is 2. The Bertz CT molecular complexity index is 975. The summed E-state index contributed by atoms with van der Waals surface area (Å²) in [5.41, 5.74) is 1.52. The lowest BCUT2D eigenvalue weighted by Crippen LogP contribution is -2.24. The van der Waals surface area contributed by atoms with Gasteiger partial charge in [0.1, 0.15) is 5.82 Å². The molecule has 0 aliphatic rings. The molecular formula is C19H17FN4O3S. The van der Waals surface area contributed by atoms with Crippen molar-refractivity contribution in [1.82, 2.24) is 15.3 Å². The topological polar surface area (TPSA) is 93.2 Å². The second-order valence-electron chi connectivity index (χ2n) is 5.68. The molecule has 2 heterocycles. The van der Waals surface area contributed by atoms with Crippen molar-refractivity contribution in [3.05, 3.63) is 64.9 Å². The lowest BCUT2D eigenvalue weighted by Gasteiger charge is -2.04. The first-order valence-corrected chi connectivity index (χ1v) is 9.17. The van der Waals surface area contributed by atoms with Crippen molar-refractivity contribution in [1.29, 1.82) is 0 Å². The second kappa shape index (κ2) is 9.05. The highest BCUT2D eigenvalue weighted by Crippen LogP contribution is 2.27. The third-order valence-electron chi connectivity index (χ3n) is 3.75. The Morgan fingerprint density at radius 1 is 1.14 bits per heavy atom. The van der Waals surface area contributed by atoms with Crippen molar-refractivity contribution in [3.63, 3.8) is 0 Å². The molecule has 0 bridgehead atoms. The zero-order chi connectivity index (χ0) is 19.9. The highest BCUT2D eigenvalue weighted by molar-refractivity contribution is 7.17. The quantitative estimate of drug-likeness (QED) is 0.661. The minimum atomic E-state index is -0.662. The van der Waals surface area contributed by atoms with Gasteiger partial charge in [-0.15, -0.1) is 11.3 Å². The molecule has 3 rings (SSSR count). The van der Waals surface area contributed by atoms with Gasteiger partial charge in [0, 0.05) is 12.7 Å². The number of hydrogen-bond acceptors (Lipinski definition) is 6. The maximum absolute atomic E-state index is 12.9. The molecule has 0 fully saturated rings. The van der Waals surface area contributed by atoms with E-state index in [4.69, 9.17) is 0 Å². The van der Waals surface area contributed by atoms with Crippen LogP contribution >= 0.6 is 11.3 Å². The summed E-state index contributed by atoms with van der Waals surface area (Å²) in [5.74, 6) is -0.364. The van der Waals surface area contributed by atoms with Gasteiger partial charge < -0.3 is 10.1 Å². The summed E-state index contributed by atoms with van der Waals surface area (Å²) >= 11 is 1.28. The van der Waals surface area contributed by atoms with E-state index in [2.05, 4.69) is 25.3 Å². The molecule has 0 spiro atoms. The van der Waals surface area contributed by atoms with Crippen LogP contribution < -0.4 is 10.6 Å². The van der Waals surface area contributed by atoms with Crippen molar-refractivity contribution in [3.8, 4) is 10.6 Å². The number of anilines is 1.